The zero-order valence-corrected chi connectivity index (χ0v) is 17.0. The first-order valence-corrected chi connectivity index (χ1v) is 10.1. The molecule has 2 aromatic rings. The highest BCUT2D eigenvalue weighted by molar-refractivity contribution is 9.11. The minimum Gasteiger partial charge on any atom is -0.321 e. The van der Waals surface area contributed by atoms with Gasteiger partial charge in [-0.05, 0) is 66.2 Å². The second kappa shape index (κ2) is 7.77. The molecule has 24 heavy (non-hydrogen) atoms. The van der Waals surface area contributed by atoms with Gasteiger partial charge in [0.05, 0.1) is 10.6 Å². The molecule has 8 heteroatoms. The molecule has 0 aliphatic rings. The summed E-state index contributed by atoms with van der Waals surface area (Å²) < 4.78 is 28.5. The summed E-state index contributed by atoms with van der Waals surface area (Å²) in [6.07, 6.45) is 0. The fourth-order valence-electron chi connectivity index (χ4n) is 1.97. The predicted octanol–water partition coefficient (Wildman–Crippen LogP) is 4.15. The summed E-state index contributed by atoms with van der Waals surface area (Å²) in [5.74, 6) is -0.389. The number of rotatable bonds is 5. The van der Waals surface area contributed by atoms with E-state index in [-0.39, 0.29) is 22.4 Å². The van der Waals surface area contributed by atoms with E-state index in [1.54, 1.807) is 38.1 Å². The summed E-state index contributed by atoms with van der Waals surface area (Å²) in [7, 11) is -3.65. The van der Waals surface area contributed by atoms with E-state index in [2.05, 4.69) is 41.9 Å². The Kier molecular flexibility index (Phi) is 6.19. The zero-order valence-electron chi connectivity index (χ0n) is 13.0. The third kappa shape index (κ3) is 4.89. The summed E-state index contributed by atoms with van der Waals surface area (Å²) >= 11 is 6.71. The Labute approximate surface area is 158 Å². The van der Waals surface area contributed by atoms with Crippen LogP contribution in [0, 0.1) is 0 Å². The van der Waals surface area contributed by atoms with Gasteiger partial charge in [0.1, 0.15) is 0 Å². The molecule has 0 unspecified atom stereocenters. The van der Waals surface area contributed by atoms with Crippen LogP contribution in [0.15, 0.2) is 56.3 Å². The number of carbonyl (C=O) groups excluding carboxylic acids is 1. The lowest BCUT2D eigenvalue weighted by Gasteiger charge is -2.11. The molecule has 1 amide bonds. The molecule has 2 aromatic carbocycles. The van der Waals surface area contributed by atoms with E-state index >= 15 is 0 Å². The molecule has 0 aromatic heterocycles. The SMILES string of the molecule is CC(C)NS(=O)(=O)c1cccc(C(=O)Nc2ccc(Br)cc2Br)c1. The van der Waals surface area contributed by atoms with Gasteiger partial charge in [0.25, 0.3) is 5.91 Å². The van der Waals surface area contributed by atoms with Gasteiger partial charge < -0.3 is 5.32 Å². The van der Waals surface area contributed by atoms with Crippen LogP contribution in [0.2, 0.25) is 0 Å². The summed E-state index contributed by atoms with van der Waals surface area (Å²) in [6.45, 7) is 3.47. The van der Waals surface area contributed by atoms with Crippen molar-refractivity contribution in [3.63, 3.8) is 0 Å². The van der Waals surface area contributed by atoms with Gasteiger partial charge in [0.2, 0.25) is 10.0 Å². The lowest BCUT2D eigenvalue weighted by molar-refractivity contribution is 0.102. The third-order valence-electron chi connectivity index (χ3n) is 2.98. The first kappa shape index (κ1) is 19.1. The van der Waals surface area contributed by atoms with Gasteiger partial charge in [-0.2, -0.15) is 0 Å². The van der Waals surface area contributed by atoms with Crippen LogP contribution in [0.4, 0.5) is 5.69 Å². The van der Waals surface area contributed by atoms with Crippen molar-refractivity contribution < 1.29 is 13.2 Å². The molecule has 0 heterocycles. The molecule has 128 valence electrons. The number of amides is 1. The van der Waals surface area contributed by atoms with Gasteiger partial charge in [-0.25, -0.2) is 13.1 Å². The lowest BCUT2D eigenvalue weighted by Crippen LogP contribution is -2.30. The van der Waals surface area contributed by atoms with Crippen LogP contribution in [-0.2, 0) is 10.0 Å². The normalized spacial score (nSPS) is 11.5. The number of nitrogens with one attached hydrogen (secondary N) is 2. The molecular weight excluding hydrogens is 460 g/mol. The van der Waals surface area contributed by atoms with Crippen molar-refractivity contribution in [3.05, 3.63) is 57.0 Å². The van der Waals surface area contributed by atoms with Crippen molar-refractivity contribution >= 4 is 53.5 Å². The number of carbonyl (C=O) groups is 1. The molecule has 0 bridgehead atoms. The van der Waals surface area contributed by atoms with E-state index in [9.17, 15) is 13.2 Å². The fourth-order valence-corrected chi connectivity index (χ4v) is 4.41. The molecule has 0 aliphatic heterocycles. The maximum absolute atomic E-state index is 12.4. The Morgan fingerprint density at radius 1 is 1.08 bits per heavy atom. The highest BCUT2D eigenvalue weighted by Gasteiger charge is 2.17. The number of halogens is 2. The van der Waals surface area contributed by atoms with Crippen molar-refractivity contribution in [1.29, 1.82) is 0 Å². The van der Waals surface area contributed by atoms with Crippen molar-refractivity contribution in [3.8, 4) is 0 Å². The lowest BCUT2D eigenvalue weighted by atomic mass is 10.2. The fraction of sp³-hybridized carbons (Fsp3) is 0.188. The van der Waals surface area contributed by atoms with Gasteiger partial charge >= 0.3 is 0 Å². The van der Waals surface area contributed by atoms with Crippen molar-refractivity contribution in [2.75, 3.05) is 5.32 Å². The van der Waals surface area contributed by atoms with Crippen LogP contribution in [-0.4, -0.2) is 20.4 Å². The Morgan fingerprint density at radius 3 is 2.42 bits per heavy atom. The second-order valence-corrected chi connectivity index (χ2v) is 8.87. The standard InChI is InChI=1S/C16H16Br2N2O3S/c1-10(2)20-24(22,23)13-5-3-4-11(8-13)16(21)19-15-7-6-12(17)9-14(15)18/h3-10,20H,1-2H3,(H,19,21). The number of sulfonamides is 1. The first-order valence-electron chi connectivity index (χ1n) is 7.08. The molecule has 0 saturated carbocycles. The highest BCUT2D eigenvalue weighted by Crippen LogP contribution is 2.26. The van der Waals surface area contributed by atoms with Gasteiger partial charge in [-0.15, -0.1) is 0 Å². The van der Waals surface area contributed by atoms with Crippen LogP contribution in [0.5, 0.6) is 0 Å². The highest BCUT2D eigenvalue weighted by atomic mass is 79.9. The van der Waals surface area contributed by atoms with Crippen molar-refractivity contribution in [2.45, 2.75) is 24.8 Å². The number of benzene rings is 2. The smallest absolute Gasteiger partial charge is 0.255 e. The molecule has 2 rings (SSSR count). The quantitative estimate of drug-likeness (QED) is 0.681. The molecular formula is C16H16Br2N2O3S. The first-order chi connectivity index (χ1) is 11.2. The average Bonchev–Trinajstić information content (AvgIpc) is 2.49. The molecule has 0 spiro atoms. The molecule has 0 radical (unpaired) electrons. The second-order valence-electron chi connectivity index (χ2n) is 5.38. The number of hydrogen-bond donors (Lipinski definition) is 2. The maximum atomic E-state index is 12.4. The van der Waals surface area contributed by atoms with Crippen LogP contribution < -0.4 is 10.0 Å². The number of hydrogen-bond acceptors (Lipinski definition) is 3. The summed E-state index contributed by atoms with van der Waals surface area (Å²) in [6, 6.07) is 11.0. The molecule has 0 fully saturated rings. The molecule has 2 N–H and O–H groups in total. The third-order valence-corrected chi connectivity index (χ3v) is 5.78. The predicted molar refractivity (Wildman–Crippen MR) is 102 cm³/mol. The van der Waals surface area contributed by atoms with Gasteiger partial charge in [-0.3, -0.25) is 4.79 Å². The Bertz CT molecular complexity index is 867. The molecule has 0 atom stereocenters. The van der Waals surface area contributed by atoms with E-state index in [1.165, 1.54) is 12.1 Å². The molecule has 5 nitrogen and oxygen atoms in total. The van der Waals surface area contributed by atoms with Gasteiger partial charge in [0.15, 0.2) is 0 Å². The van der Waals surface area contributed by atoms with Crippen LogP contribution in [0.1, 0.15) is 24.2 Å². The largest absolute Gasteiger partial charge is 0.321 e. The van der Waals surface area contributed by atoms with Crippen LogP contribution in [0.25, 0.3) is 0 Å². The van der Waals surface area contributed by atoms with E-state index in [0.717, 1.165) is 8.95 Å². The Hall–Kier alpha value is -1.22. The summed E-state index contributed by atoms with van der Waals surface area (Å²) in [5.41, 5.74) is 0.855. The Balaban J connectivity index is 2.26. The van der Waals surface area contributed by atoms with Crippen LogP contribution in [0.3, 0.4) is 0 Å². The van der Waals surface area contributed by atoms with Crippen molar-refractivity contribution in [2.24, 2.45) is 0 Å². The monoisotopic (exact) mass is 474 g/mol. The van der Waals surface area contributed by atoms with Crippen LogP contribution >= 0.6 is 31.9 Å². The average molecular weight is 476 g/mol. The van der Waals surface area contributed by atoms with E-state index < -0.39 is 10.0 Å². The summed E-state index contributed by atoms with van der Waals surface area (Å²) in [5, 5.41) is 2.75. The van der Waals surface area contributed by atoms with Crippen molar-refractivity contribution in [1.82, 2.24) is 4.72 Å². The number of anilines is 1. The minimum absolute atomic E-state index is 0.0544. The minimum atomic E-state index is -3.65. The summed E-state index contributed by atoms with van der Waals surface area (Å²) in [4.78, 5) is 12.4. The molecule has 0 saturated heterocycles. The van der Waals surface area contributed by atoms with E-state index in [0.29, 0.717) is 5.69 Å². The zero-order chi connectivity index (χ0) is 17.9. The van der Waals surface area contributed by atoms with E-state index in [4.69, 9.17) is 0 Å². The van der Waals surface area contributed by atoms with Gasteiger partial charge in [0, 0.05) is 20.6 Å². The molecule has 0 aliphatic carbocycles. The van der Waals surface area contributed by atoms with E-state index in [1.807, 2.05) is 6.07 Å². The maximum Gasteiger partial charge on any atom is 0.255 e. The topological polar surface area (TPSA) is 75.3 Å². The Morgan fingerprint density at radius 2 is 1.79 bits per heavy atom. The van der Waals surface area contributed by atoms with Gasteiger partial charge in [-0.1, -0.05) is 22.0 Å².